The first-order chi connectivity index (χ1) is 7.25. The highest BCUT2D eigenvalue weighted by molar-refractivity contribution is 5.70. The van der Waals surface area contributed by atoms with E-state index < -0.39 is 5.97 Å². The van der Waals surface area contributed by atoms with Gasteiger partial charge in [-0.15, -0.1) is 0 Å². The molecular weight excluding hydrogens is 194 g/mol. The molecule has 0 radical (unpaired) electrons. The van der Waals surface area contributed by atoms with E-state index in [1.54, 1.807) is 7.11 Å². The number of carboxylic acids is 1. The summed E-state index contributed by atoms with van der Waals surface area (Å²) in [5.41, 5.74) is 0. The predicted molar refractivity (Wildman–Crippen MR) is 57.8 cm³/mol. The van der Waals surface area contributed by atoms with Crippen molar-refractivity contribution in [1.82, 2.24) is 5.32 Å². The SMILES string of the molecule is COCCNCC1CCCCC1C(=O)O. The van der Waals surface area contributed by atoms with Gasteiger partial charge in [0.15, 0.2) is 0 Å². The van der Waals surface area contributed by atoms with Gasteiger partial charge in [0.25, 0.3) is 0 Å². The summed E-state index contributed by atoms with van der Waals surface area (Å²) in [6.45, 7) is 2.30. The average molecular weight is 215 g/mol. The summed E-state index contributed by atoms with van der Waals surface area (Å²) in [4.78, 5) is 11.0. The third-order valence-corrected chi connectivity index (χ3v) is 3.12. The quantitative estimate of drug-likeness (QED) is 0.652. The van der Waals surface area contributed by atoms with Gasteiger partial charge in [0, 0.05) is 13.7 Å². The van der Waals surface area contributed by atoms with Crippen molar-refractivity contribution in [3.05, 3.63) is 0 Å². The van der Waals surface area contributed by atoms with E-state index in [0.717, 1.165) is 32.4 Å². The van der Waals surface area contributed by atoms with Gasteiger partial charge in [0.05, 0.1) is 12.5 Å². The second-order valence-corrected chi connectivity index (χ2v) is 4.19. The van der Waals surface area contributed by atoms with Gasteiger partial charge in [-0.3, -0.25) is 4.79 Å². The lowest BCUT2D eigenvalue weighted by Crippen LogP contribution is -2.35. The van der Waals surface area contributed by atoms with E-state index in [0.29, 0.717) is 12.5 Å². The molecule has 0 aliphatic heterocycles. The van der Waals surface area contributed by atoms with Crippen LogP contribution in [0.3, 0.4) is 0 Å². The topological polar surface area (TPSA) is 58.6 Å². The van der Waals surface area contributed by atoms with Crippen LogP contribution in [0.25, 0.3) is 0 Å². The smallest absolute Gasteiger partial charge is 0.306 e. The monoisotopic (exact) mass is 215 g/mol. The van der Waals surface area contributed by atoms with Crippen LogP contribution in [-0.4, -0.2) is 37.9 Å². The minimum absolute atomic E-state index is 0.145. The minimum Gasteiger partial charge on any atom is -0.481 e. The first-order valence-electron chi connectivity index (χ1n) is 5.68. The Labute approximate surface area is 91.0 Å². The fourth-order valence-electron chi connectivity index (χ4n) is 2.24. The number of aliphatic carboxylic acids is 1. The van der Waals surface area contributed by atoms with Gasteiger partial charge in [0.2, 0.25) is 0 Å². The van der Waals surface area contributed by atoms with Crippen LogP contribution < -0.4 is 5.32 Å². The summed E-state index contributed by atoms with van der Waals surface area (Å²) in [7, 11) is 1.67. The van der Waals surface area contributed by atoms with Crippen molar-refractivity contribution in [2.75, 3.05) is 26.8 Å². The molecular formula is C11H21NO3. The summed E-state index contributed by atoms with van der Waals surface area (Å²) >= 11 is 0. The molecule has 2 N–H and O–H groups in total. The standard InChI is InChI=1S/C11H21NO3/c1-15-7-6-12-8-9-4-2-3-5-10(9)11(13)14/h9-10,12H,2-8H2,1H3,(H,13,14). The van der Waals surface area contributed by atoms with Crippen molar-refractivity contribution >= 4 is 5.97 Å². The molecule has 0 aromatic heterocycles. The molecule has 1 rings (SSSR count). The molecule has 2 atom stereocenters. The molecule has 4 heteroatoms. The predicted octanol–water partition coefficient (Wildman–Crippen LogP) is 1.11. The molecule has 0 bridgehead atoms. The van der Waals surface area contributed by atoms with Gasteiger partial charge in [-0.2, -0.15) is 0 Å². The van der Waals surface area contributed by atoms with E-state index in [-0.39, 0.29) is 5.92 Å². The van der Waals surface area contributed by atoms with Gasteiger partial charge in [-0.05, 0) is 25.3 Å². The number of methoxy groups -OCH3 is 1. The fraction of sp³-hybridized carbons (Fsp3) is 0.909. The summed E-state index contributed by atoms with van der Waals surface area (Å²) < 4.78 is 4.93. The Morgan fingerprint density at radius 3 is 2.87 bits per heavy atom. The zero-order chi connectivity index (χ0) is 11.1. The van der Waals surface area contributed by atoms with Crippen LogP contribution in [0.1, 0.15) is 25.7 Å². The van der Waals surface area contributed by atoms with Crippen molar-refractivity contribution < 1.29 is 14.6 Å². The first kappa shape index (κ1) is 12.5. The Bertz CT molecular complexity index is 196. The lowest BCUT2D eigenvalue weighted by Gasteiger charge is -2.28. The van der Waals surface area contributed by atoms with Gasteiger partial charge in [-0.1, -0.05) is 12.8 Å². The van der Waals surface area contributed by atoms with Crippen LogP contribution in [0, 0.1) is 11.8 Å². The highest BCUT2D eigenvalue weighted by atomic mass is 16.5. The number of nitrogens with one attached hydrogen (secondary N) is 1. The van der Waals surface area contributed by atoms with Gasteiger partial charge in [0.1, 0.15) is 0 Å². The Kier molecular flexibility index (Phi) is 5.65. The zero-order valence-corrected chi connectivity index (χ0v) is 9.37. The Balaban J connectivity index is 2.26. The number of hydrogen-bond acceptors (Lipinski definition) is 3. The Hall–Kier alpha value is -0.610. The number of ether oxygens (including phenoxy) is 1. The van der Waals surface area contributed by atoms with Crippen molar-refractivity contribution in [3.8, 4) is 0 Å². The molecule has 0 heterocycles. The van der Waals surface area contributed by atoms with Crippen LogP contribution >= 0.6 is 0 Å². The van der Waals surface area contributed by atoms with Gasteiger partial charge < -0.3 is 15.2 Å². The molecule has 0 amide bonds. The maximum atomic E-state index is 11.0. The highest BCUT2D eigenvalue weighted by Gasteiger charge is 2.30. The van der Waals surface area contributed by atoms with Crippen LogP contribution in [-0.2, 0) is 9.53 Å². The van der Waals surface area contributed by atoms with Crippen LogP contribution in [0.15, 0.2) is 0 Å². The minimum atomic E-state index is -0.631. The van der Waals surface area contributed by atoms with E-state index in [9.17, 15) is 4.79 Å². The van der Waals surface area contributed by atoms with Crippen molar-refractivity contribution in [1.29, 1.82) is 0 Å². The summed E-state index contributed by atoms with van der Waals surface area (Å²) in [5, 5.41) is 12.3. The van der Waals surface area contributed by atoms with Crippen molar-refractivity contribution in [2.45, 2.75) is 25.7 Å². The summed E-state index contributed by atoms with van der Waals surface area (Å²) in [6, 6.07) is 0. The molecule has 15 heavy (non-hydrogen) atoms. The van der Waals surface area contributed by atoms with E-state index >= 15 is 0 Å². The molecule has 0 aromatic rings. The molecule has 1 aliphatic rings. The van der Waals surface area contributed by atoms with Crippen LogP contribution in [0.2, 0.25) is 0 Å². The molecule has 88 valence electrons. The highest BCUT2D eigenvalue weighted by Crippen LogP contribution is 2.29. The number of hydrogen-bond donors (Lipinski definition) is 2. The maximum Gasteiger partial charge on any atom is 0.306 e. The first-order valence-corrected chi connectivity index (χ1v) is 5.68. The molecule has 1 aliphatic carbocycles. The van der Waals surface area contributed by atoms with E-state index in [1.807, 2.05) is 0 Å². The third-order valence-electron chi connectivity index (χ3n) is 3.12. The second kappa shape index (κ2) is 6.80. The largest absolute Gasteiger partial charge is 0.481 e. The lowest BCUT2D eigenvalue weighted by atomic mass is 9.79. The summed E-state index contributed by atoms with van der Waals surface area (Å²) in [6.07, 6.45) is 4.11. The summed E-state index contributed by atoms with van der Waals surface area (Å²) in [5.74, 6) is -0.477. The third kappa shape index (κ3) is 4.18. The molecule has 2 unspecified atom stereocenters. The van der Waals surface area contributed by atoms with Crippen LogP contribution in [0.5, 0.6) is 0 Å². The number of carbonyl (C=O) groups is 1. The zero-order valence-electron chi connectivity index (χ0n) is 9.37. The Morgan fingerprint density at radius 2 is 2.20 bits per heavy atom. The molecule has 0 saturated heterocycles. The van der Waals surface area contributed by atoms with E-state index in [4.69, 9.17) is 9.84 Å². The number of rotatable bonds is 6. The van der Waals surface area contributed by atoms with Crippen molar-refractivity contribution in [2.24, 2.45) is 11.8 Å². The molecule has 1 saturated carbocycles. The van der Waals surface area contributed by atoms with Gasteiger partial charge >= 0.3 is 5.97 Å². The average Bonchev–Trinajstić information content (AvgIpc) is 2.25. The fourth-order valence-corrected chi connectivity index (χ4v) is 2.24. The molecule has 4 nitrogen and oxygen atoms in total. The number of carboxylic acid groups (broad SMARTS) is 1. The Morgan fingerprint density at radius 1 is 1.47 bits per heavy atom. The van der Waals surface area contributed by atoms with Crippen molar-refractivity contribution in [3.63, 3.8) is 0 Å². The second-order valence-electron chi connectivity index (χ2n) is 4.19. The van der Waals surface area contributed by atoms with E-state index in [2.05, 4.69) is 5.32 Å². The maximum absolute atomic E-state index is 11.0. The van der Waals surface area contributed by atoms with E-state index in [1.165, 1.54) is 6.42 Å². The van der Waals surface area contributed by atoms with Crippen LogP contribution in [0.4, 0.5) is 0 Å². The van der Waals surface area contributed by atoms with Gasteiger partial charge in [-0.25, -0.2) is 0 Å². The molecule has 1 fully saturated rings. The lowest BCUT2D eigenvalue weighted by molar-refractivity contribution is -0.144. The molecule has 0 aromatic carbocycles. The normalized spacial score (nSPS) is 26.5. The molecule has 0 spiro atoms.